The van der Waals surface area contributed by atoms with Crippen LogP contribution in [0, 0.1) is 5.92 Å². The highest BCUT2D eigenvalue weighted by Gasteiger charge is 2.09. The van der Waals surface area contributed by atoms with Gasteiger partial charge in [0.15, 0.2) is 0 Å². The second kappa shape index (κ2) is 8.71. The first-order chi connectivity index (χ1) is 8.22. The normalized spacial score (nSPS) is 13.2. The summed E-state index contributed by atoms with van der Waals surface area (Å²) in [5, 5.41) is 8.15. The van der Waals surface area contributed by atoms with Crippen LogP contribution in [-0.2, 0) is 6.42 Å². The lowest BCUT2D eigenvalue weighted by Crippen LogP contribution is -2.30. The van der Waals surface area contributed by atoms with E-state index in [4.69, 9.17) is 0 Å². The van der Waals surface area contributed by atoms with Crippen molar-refractivity contribution >= 4 is 11.3 Å². The Labute approximate surface area is 111 Å². The van der Waals surface area contributed by atoms with E-state index >= 15 is 0 Å². The Bertz CT molecular complexity index is 266. The van der Waals surface area contributed by atoms with Gasteiger partial charge in [0, 0.05) is 6.04 Å². The summed E-state index contributed by atoms with van der Waals surface area (Å²) in [6.07, 6.45) is 6.40. The second-order valence-corrected chi connectivity index (χ2v) is 6.07. The van der Waals surface area contributed by atoms with Gasteiger partial charge in [0.05, 0.1) is 0 Å². The molecule has 0 aliphatic rings. The third kappa shape index (κ3) is 6.85. The summed E-state index contributed by atoms with van der Waals surface area (Å²) in [5.74, 6) is 0.821. The summed E-state index contributed by atoms with van der Waals surface area (Å²) in [4.78, 5) is 0. The summed E-state index contributed by atoms with van der Waals surface area (Å²) < 4.78 is 0. The molecule has 1 rings (SSSR count). The topological polar surface area (TPSA) is 12.0 Å². The lowest BCUT2D eigenvalue weighted by molar-refractivity contribution is 0.410. The predicted molar refractivity (Wildman–Crippen MR) is 78.8 cm³/mol. The van der Waals surface area contributed by atoms with Crippen LogP contribution >= 0.6 is 11.3 Å². The Morgan fingerprint density at radius 2 is 2.06 bits per heavy atom. The molecule has 1 aromatic heterocycles. The second-order valence-electron chi connectivity index (χ2n) is 5.29. The van der Waals surface area contributed by atoms with Crippen LogP contribution in [0.4, 0.5) is 0 Å². The standard InChI is InChI=1S/C15H27NS/c1-4-10-16-15(7-5-13(2)3)8-6-14-9-11-17-12-14/h9,11-13,15-16H,4-8,10H2,1-3H3. The van der Waals surface area contributed by atoms with Crippen molar-refractivity contribution in [2.24, 2.45) is 5.92 Å². The Balaban J connectivity index is 2.28. The largest absolute Gasteiger partial charge is 0.314 e. The van der Waals surface area contributed by atoms with Crippen LogP contribution in [0.5, 0.6) is 0 Å². The number of thiophene rings is 1. The van der Waals surface area contributed by atoms with E-state index in [2.05, 4.69) is 42.9 Å². The lowest BCUT2D eigenvalue weighted by Gasteiger charge is -2.19. The summed E-state index contributed by atoms with van der Waals surface area (Å²) in [6.45, 7) is 8.03. The van der Waals surface area contributed by atoms with Gasteiger partial charge in [0.2, 0.25) is 0 Å². The molecule has 0 radical (unpaired) electrons. The van der Waals surface area contributed by atoms with E-state index in [0.29, 0.717) is 6.04 Å². The highest BCUT2D eigenvalue weighted by atomic mass is 32.1. The molecule has 0 saturated heterocycles. The van der Waals surface area contributed by atoms with Crippen LogP contribution in [0.2, 0.25) is 0 Å². The van der Waals surface area contributed by atoms with Gasteiger partial charge in [-0.05, 0) is 67.0 Å². The minimum atomic E-state index is 0.706. The monoisotopic (exact) mass is 253 g/mol. The summed E-state index contributed by atoms with van der Waals surface area (Å²) >= 11 is 1.81. The fourth-order valence-electron chi connectivity index (χ4n) is 2.01. The van der Waals surface area contributed by atoms with Crippen molar-refractivity contribution in [1.82, 2.24) is 5.32 Å². The Morgan fingerprint density at radius 1 is 1.24 bits per heavy atom. The molecule has 1 aromatic rings. The van der Waals surface area contributed by atoms with Gasteiger partial charge < -0.3 is 5.32 Å². The average Bonchev–Trinajstić information content (AvgIpc) is 2.80. The summed E-state index contributed by atoms with van der Waals surface area (Å²) in [7, 11) is 0. The number of rotatable bonds is 9. The van der Waals surface area contributed by atoms with Crippen LogP contribution in [0.1, 0.15) is 52.0 Å². The van der Waals surface area contributed by atoms with Crippen LogP contribution in [0.15, 0.2) is 16.8 Å². The SMILES string of the molecule is CCCNC(CCc1ccsc1)CCC(C)C. The minimum Gasteiger partial charge on any atom is -0.314 e. The lowest BCUT2D eigenvalue weighted by atomic mass is 9.98. The first-order valence-electron chi connectivity index (χ1n) is 6.96. The van der Waals surface area contributed by atoms with E-state index in [9.17, 15) is 0 Å². The molecule has 0 saturated carbocycles. The van der Waals surface area contributed by atoms with Crippen molar-refractivity contribution in [2.75, 3.05) is 6.54 Å². The van der Waals surface area contributed by atoms with E-state index in [1.54, 1.807) is 11.3 Å². The predicted octanol–water partition coefficient (Wildman–Crippen LogP) is 4.49. The van der Waals surface area contributed by atoms with E-state index in [0.717, 1.165) is 12.5 Å². The molecule has 17 heavy (non-hydrogen) atoms. The number of nitrogens with one attached hydrogen (secondary N) is 1. The summed E-state index contributed by atoms with van der Waals surface area (Å²) in [6, 6.07) is 2.96. The molecule has 2 heteroatoms. The van der Waals surface area contributed by atoms with Crippen molar-refractivity contribution < 1.29 is 0 Å². The van der Waals surface area contributed by atoms with Gasteiger partial charge in [-0.15, -0.1) is 0 Å². The molecule has 1 N–H and O–H groups in total. The number of hydrogen-bond acceptors (Lipinski definition) is 2. The highest BCUT2D eigenvalue weighted by molar-refractivity contribution is 7.07. The Morgan fingerprint density at radius 3 is 2.65 bits per heavy atom. The average molecular weight is 253 g/mol. The molecule has 0 aromatic carbocycles. The maximum Gasteiger partial charge on any atom is 0.00703 e. The molecular formula is C15H27NS. The van der Waals surface area contributed by atoms with Crippen LogP contribution < -0.4 is 5.32 Å². The van der Waals surface area contributed by atoms with Gasteiger partial charge in [0.1, 0.15) is 0 Å². The molecule has 0 fully saturated rings. The van der Waals surface area contributed by atoms with E-state index < -0.39 is 0 Å². The van der Waals surface area contributed by atoms with Gasteiger partial charge in [-0.25, -0.2) is 0 Å². The van der Waals surface area contributed by atoms with Gasteiger partial charge >= 0.3 is 0 Å². The fraction of sp³-hybridized carbons (Fsp3) is 0.733. The molecule has 0 spiro atoms. The van der Waals surface area contributed by atoms with E-state index in [1.165, 1.54) is 37.7 Å². The van der Waals surface area contributed by atoms with E-state index in [1.807, 2.05) is 0 Å². The minimum absolute atomic E-state index is 0.706. The molecule has 1 heterocycles. The Hall–Kier alpha value is -0.340. The first kappa shape index (κ1) is 14.7. The molecule has 0 bridgehead atoms. The van der Waals surface area contributed by atoms with Crippen LogP contribution in [0.3, 0.4) is 0 Å². The van der Waals surface area contributed by atoms with Crippen molar-refractivity contribution in [1.29, 1.82) is 0 Å². The molecule has 1 unspecified atom stereocenters. The van der Waals surface area contributed by atoms with Crippen molar-refractivity contribution in [3.05, 3.63) is 22.4 Å². The fourth-order valence-corrected chi connectivity index (χ4v) is 2.71. The maximum absolute atomic E-state index is 3.69. The maximum atomic E-state index is 3.69. The third-order valence-corrected chi connectivity index (χ3v) is 3.87. The molecule has 1 atom stereocenters. The van der Waals surface area contributed by atoms with Gasteiger partial charge in [-0.1, -0.05) is 20.8 Å². The molecular weight excluding hydrogens is 226 g/mol. The number of aryl methyl sites for hydroxylation is 1. The zero-order valence-corrected chi connectivity index (χ0v) is 12.4. The van der Waals surface area contributed by atoms with Crippen molar-refractivity contribution in [3.63, 3.8) is 0 Å². The zero-order valence-electron chi connectivity index (χ0n) is 11.5. The Kier molecular flexibility index (Phi) is 7.54. The molecule has 98 valence electrons. The van der Waals surface area contributed by atoms with Crippen LogP contribution in [-0.4, -0.2) is 12.6 Å². The highest BCUT2D eigenvalue weighted by Crippen LogP contribution is 2.14. The van der Waals surface area contributed by atoms with Gasteiger partial charge in [0.25, 0.3) is 0 Å². The van der Waals surface area contributed by atoms with E-state index in [-0.39, 0.29) is 0 Å². The molecule has 0 amide bonds. The van der Waals surface area contributed by atoms with Crippen molar-refractivity contribution in [3.8, 4) is 0 Å². The molecule has 1 nitrogen and oxygen atoms in total. The van der Waals surface area contributed by atoms with Gasteiger partial charge in [-0.2, -0.15) is 11.3 Å². The van der Waals surface area contributed by atoms with Crippen LogP contribution in [0.25, 0.3) is 0 Å². The van der Waals surface area contributed by atoms with Gasteiger partial charge in [-0.3, -0.25) is 0 Å². The third-order valence-electron chi connectivity index (χ3n) is 3.14. The first-order valence-corrected chi connectivity index (χ1v) is 7.91. The summed E-state index contributed by atoms with van der Waals surface area (Å²) in [5.41, 5.74) is 1.50. The quantitative estimate of drug-likeness (QED) is 0.684. The number of hydrogen-bond donors (Lipinski definition) is 1. The molecule has 0 aliphatic heterocycles. The smallest absolute Gasteiger partial charge is 0.00703 e. The van der Waals surface area contributed by atoms with Crippen molar-refractivity contribution in [2.45, 2.75) is 58.9 Å². The molecule has 0 aliphatic carbocycles. The zero-order chi connectivity index (χ0) is 12.5.